The Morgan fingerprint density at radius 1 is 1.12 bits per heavy atom. The number of carbonyl (C=O) groups excluding carboxylic acids is 1. The van der Waals surface area contributed by atoms with Crippen LogP contribution in [0.2, 0.25) is 5.02 Å². The quantitative estimate of drug-likeness (QED) is 0.339. The molecule has 170 valence electrons. The predicted molar refractivity (Wildman–Crippen MR) is 136 cm³/mol. The highest BCUT2D eigenvalue weighted by atomic mass is 35.5. The fourth-order valence-corrected chi connectivity index (χ4v) is 5.88. The van der Waals surface area contributed by atoms with Crippen molar-refractivity contribution < 1.29 is 13.2 Å². The Bertz CT molecular complexity index is 1420. The largest absolute Gasteiger partial charge is 0.307 e. The van der Waals surface area contributed by atoms with Gasteiger partial charge in [-0.3, -0.25) is 4.79 Å². The smallest absolute Gasteiger partial charge is 0.238 e. The van der Waals surface area contributed by atoms with E-state index in [1.54, 1.807) is 23.1 Å². The van der Waals surface area contributed by atoms with Crippen LogP contribution in [0.15, 0.2) is 76.0 Å². The minimum absolute atomic E-state index is 0.00304. The first-order valence-corrected chi connectivity index (χ1v) is 13.6. The zero-order chi connectivity index (χ0) is 23.6. The lowest BCUT2D eigenvalue weighted by atomic mass is 10.1. The molecule has 6 nitrogen and oxygen atoms in total. The number of primary sulfonamides is 1. The molecule has 1 amide bonds. The molecule has 0 unspecified atom stereocenters. The number of amides is 1. The van der Waals surface area contributed by atoms with Crippen LogP contribution in [-0.2, 0) is 21.4 Å². The van der Waals surface area contributed by atoms with E-state index in [1.165, 1.54) is 35.2 Å². The third-order valence-corrected chi connectivity index (χ3v) is 8.18. The fraction of sp³-hybridized carbons (Fsp3) is 0.130. The van der Waals surface area contributed by atoms with Crippen molar-refractivity contribution in [3.8, 4) is 0 Å². The Kier molecular flexibility index (Phi) is 7.06. The first-order chi connectivity index (χ1) is 15.7. The zero-order valence-electron chi connectivity index (χ0n) is 17.6. The van der Waals surface area contributed by atoms with Gasteiger partial charge in [0.1, 0.15) is 0 Å². The summed E-state index contributed by atoms with van der Waals surface area (Å²) in [5, 5.41) is 5.83. The van der Waals surface area contributed by atoms with E-state index in [9.17, 15) is 13.2 Å². The average molecular weight is 518 g/mol. The molecule has 0 fully saturated rings. The van der Waals surface area contributed by atoms with Gasteiger partial charge < -0.3 is 4.90 Å². The van der Waals surface area contributed by atoms with E-state index >= 15 is 0 Å². The summed E-state index contributed by atoms with van der Waals surface area (Å²) in [6.07, 6.45) is 0. The van der Waals surface area contributed by atoms with Crippen LogP contribution in [0.4, 0.5) is 5.69 Å². The fourth-order valence-electron chi connectivity index (χ4n) is 3.27. The molecule has 4 rings (SSSR count). The van der Waals surface area contributed by atoms with Gasteiger partial charge in [0.05, 0.1) is 27.4 Å². The van der Waals surface area contributed by atoms with Crippen molar-refractivity contribution in [3.05, 3.63) is 82.9 Å². The molecule has 10 heteroatoms. The van der Waals surface area contributed by atoms with Gasteiger partial charge in [-0.25, -0.2) is 18.5 Å². The van der Waals surface area contributed by atoms with Gasteiger partial charge >= 0.3 is 0 Å². The maximum absolute atomic E-state index is 13.3. The van der Waals surface area contributed by atoms with Crippen molar-refractivity contribution in [3.63, 3.8) is 0 Å². The molecule has 0 atom stereocenters. The SMILES string of the molecule is Cc1cccc(CN(C(=O)CSc2nc3cc(Cl)ccc3s2)c2ccc(S(N)(=O)=O)cc2)c1. The van der Waals surface area contributed by atoms with E-state index < -0.39 is 10.0 Å². The zero-order valence-corrected chi connectivity index (χ0v) is 20.8. The number of thioether (sulfide) groups is 1. The molecule has 0 saturated carbocycles. The molecular weight excluding hydrogens is 498 g/mol. The number of anilines is 1. The van der Waals surface area contributed by atoms with E-state index in [1.807, 2.05) is 43.3 Å². The number of thiazole rings is 1. The lowest BCUT2D eigenvalue weighted by molar-refractivity contribution is -0.116. The lowest BCUT2D eigenvalue weighted by Crippen LogP contribution is -2.32. The molecule has 1 aromatic heterocycles. The number of aryl methyl sites for hydroxylation is 1. The van der Waals surface area contributed by atoms with Gasteiger partial charge in [0.15, 0.2) is 4.34 Å². The Hall–Kier alpha value is -2.43. The molecule has 0 saturated heterocycles. The van der Waals surface area contributed by atoms with Gasteiger partial charge in [0, 0.05) is 10.7 Å². The third-order valence-electron chi connectivity index (χ3n) is 4.85. The van der Waals surface area contributed by atoms with Crippen LogP contribution in [0.5, 0.6) is 0 Å². The molecule has 0 bridgehead atoms. The van der Waals surface area contributed by atoms with Crippen LogP contribution in [0, 0.1) is 6.92 Å². The molecule has 33 heavy (non-hydrogen) atoms. The van der Waals surface area contributed by atoms with Crippen LogP contribution < -0.4 is 10.0 Å². The summed E-state index contributed by atoms with van der Waals surface area (Å²) in [5.74, 6) is 0.0539. The first-order valence-electron chi connectivity index (χ1n) is 9.87. The summed E-state index contributed by atoms with van der Waals surface area (Å²) >= 11 is 8.91. The average Bonchev–Trinajstić information content (AvgIpc) is 3.17. The molecule has 2 N–H and O–H groups in total. The van der Waals surface area contributed by atoms with E-state index in [-0.39, 0.29) is 16.6 Å². The van der Waals surface area contributed by atoms with Gasteiger partial charge in [-0.1, -0.05) is 53.2 Å². The number of hydrogen-bond acceptors (Lipinski definition) is 6. The number of hydrogen-bond donors (Lipinski definition) is 1. The van der Waals surface area contributed by atoms with Gasteiger partial charge in [-0.05, 0) is 55.0 Å². The van der Waals surface area contributed by atoms with Crippen LogP contribution in [-0.4, -0.2) is 25.1 Å². The number of nitrogens with zero attached hydrogens (tertiary/aromatic N) is 2. The second kappa shape index (κ2) is 9.82. The molecule has 0 aliphatic rings. The van der Waals surface area contributed by atoms with Crippen LogP contribution in [0.1, 0.15) is 11.1 Å². The van der Waals surface area contributed by atoms with Gasteiger partial charge in [0.2, 0.25) is 15.9 Å². The summed E-state index contributed by atoms with van der Waals surface area (Å²) in [5.41, 5.74) is 3.45. The minimum Gasteiger partial charge on any atom is -0.307 e. The van der Waals surface area contributed by atoms with Crippen molar-refractivity contribution in [1.29, 1.82) is 0 Å². The topological polar surface area (TPSA) is 93.4 Å². The number of fused-ring (bicyclic) bond motifs is 1. The van der Waals surface area contributed by atoms with Crippen molar-refractivity contribution in [2.24, 2.45) is 5.14 Å². The van der Waals surface area contributed by atoms with Crippen LogP contribution in [0.3, 0.4) is 0 Å². The number of rotatable bonds is 7. The highest BCUT2D eigenvalue weighted by Crippen LogP contribution is 2.31. The van der Waals surface area contributed by atoms with Gasteiger partial charge in [0.25, 0.3) is 0 Å². The van der Waals surface area contributed by atoms with Crippen LogP contribution in [0.25, 0.3) is 10.2 Å². The normalized spacial score (nSPS) is 11.6. The Labute approximate surface area is 205 Å². The highest BCUT2D eigenvalue weighted by molar-refractivity contribution is 8.01. The lowest BCUT2D eigenvalue weighted by Gasteiger charge is -2.23. The van der Waals surface area contributed by atoms with E-state index in [0.29, 0.717) is 17.3 Å². The summed E-state index contributed by atoms with van der Waals surface area (Å²) < 4.78 is 25.0. The van der Waals surface area contributed by atoms with Gasteiger partial charge in [-0.2, -0.15) is 0 Å². The summed E-state index contributed by atoms with van der Waals surface area (Å²) in [4.78, 5) is 19.5. The minimum atomic E-state index is -3.82. The Morgan fingerprint density at radius 3 is 2.58 bits per heavy atom. The van der Waals surface area contributed by atoms with Crippen molar-refractivity contribution in [1.82, 2.24) is 4.98 Å². The summed E-state index contributed by atoms with van der Waals surface area (Å²) in [7, 11) is -3.82. The summed E-state index contributed by atoms with van der Waals surface area (Å²) in [6, 6.07) is 19.4. The maximum atomic E-state index is 13.3. The standard InChI is InChI=1S/C23H20ClN3O3S3/c1-15-3-2-4-16(11-15)13-27(18-6-8-19(9-7-18)33(25,29)30)22(28)14-31-23-26-20-12-17(24)5-10-21(20)32-23/h2-12H,13-14H2,1H3,(H2,25,29,30). The number of sulfonamides is 1. The number of aromatic nitrogens is 1. The van der Waals surface area contributed by atoms with E-state index in [0.717, 1.165) is 25.7 Å². The Balaban J connectivity index is 1.57. The van der Waals surface area contributed by atoms with Crippen LogP contribution >= 0.6 is 34.7 Å². The highest BCUT2D eigenvalue weighted by Gasteiger charge is 2.19. The molecule has 0 radical (unpaired) electrons. The first kappa shape index (κ1) is 23.7. The van der Waals surface area contributed by atoms with Crippen molar-refractivity contribution in [2.75, 3.05) is 10.7 Å². The molecule has 3 aromatic carbocycles. The third kappa shape index (κ3) is 5.93. The molecule has 0 spiro atoms. The number of carbonyl (C=O) groups is 1. The second-order valence-electron chi connectivity index (χ2n) is 7.39. The van der Waals surface area contributed by atoms with Crippen molar-refractivity contribution in [2.45, 2.75) is 22.7 Å². The van der Waals surface area contributed by atoms with E-state index in [2.05, 4.69) is 4.98 Å². The monoisotopic (exact) mass is 517 g/mol. The Morgan fingerprint density at radius 2 is 1.88 bits per heavy atom. The molecule has 4 aromatic rings. The number of halogens is 1. The van der Waals surface area contributed by atoms with E-state index in [4.69, 9.17) is 16.7 Å². The van der Waals surface area contributed by atoms with Gasteiger partial charge in [-0.15, -0.1) is 11.3 Å². The molecular formula is C23H20ClN3O3S3. The summed E-state index contributed by atoms with van der Waals surface area (Å²) in [6.45, 7) is 2.34. The number of nitrogens with two attached hydrogens (primary N) is 1. The molecule has 1 heterocycles. The van der Waals surface area contributed by atoms with Crippen molar-refractivity contribution >= 4 is 66.5 Å². The maximum Gasteiger partial charge on any atom is 0.238 e. The second-order valence-corrected chi connectivity index (χ2v) is 11.6. The molecule has 0 aliphatic carbocycles. The molecule has 0 aliphatic heterocycles. The number of benzene rings is 3. The predicted octanol–water partition coefficient (Wildman–Crippen LogP) is 5.23.